The van der Waals surface area contributed by atoms with Crippen LogP contribution in [0.5, 0.6) is 0 Å². The molecule has 1 radical (unpaired) electrons. The van der Waals surface area contributed by atoms with Crippen molar-refractivity contribution in [2.24, 2.45) is 0 Å². The van der Waals surface area contributed by atoms with Crippen LogP contribution in [0.3, 0.4) is 0 Å². The molecule has 0 saturated heterocycles. The molecule has 3 heteroatoms. The second kappa shape index (κ2) is 10.1. The van der Waals surface area contributed by atoms with Gasteiger partial charge in [0, 0.05) is 25.0 Å². The minimum atomic E-state index is -0.670. The maximum atomic E-state index is 10.0. The van der Waals surface area contributed by atoms with E-state index in [2.05, 4.69) is 6.92 Å². The number of hydrogen-bond donors (Lipinski definition) is 1. The van der Waals surface area contributed by atoms with Crippen molar-refractivity contribution in [1.29, 1.82) is 0 Å². The van der Waals surface area contributed by atoms with E-state index in [9.17, 15) is 4.79 Å². The number of rotatable bonds is 6. The summed E-state index contributed by atoms with van der Waals surface area (Å²) in [6.45, 7) is 2.15. The number of carboxylic acids is 1. The molecule has 0 fully saturated rings. The molecule has 11 heavy (non-hydrogen) atoms. The first-order valence-corrected chi connectivity index (χ1v) is 3.99. The summed E-state index contributed by atoms with van der Waals surface area (Å²) in [7, 11) is 0. The topological polar surface area (TPSA) is 37.3 Å². The summed E-state index contributed by atoms with van der Waals surface area (Å²) in [5.74, 6) is -0.670. The summed E-state index contributed by atoms with van der Waals surface area (Å²) in [5.41, 5.74) is 0. The molecule has 0 aromatic rings. The number of unbranched alkanes of at least 4 members (excludes halogenated alkanes) is 4. The number of hydrogen-bond acceptors (Lipinski definition) is 1. The summed E-state index contributed by atoms with van der Waals surface area (Å²) < 4.78 is 0. The van der Waals surface area contributed by atoms with Gasteiger partial charge in [-0.05, 0) is 6.42 Å². The third-order valence-corrected chi connectivity index (χ3v) is 1.49. The van der Waals surface area contributed by atoms with Crippen LogP contribution in [0, 0.1) is 0 Å². The largest absolute Gasteiger partial charge is 0.481 e. The molecular weight excluding hydrogens is 179 g/mol. The Bertz CT molecular complexity index is 94.1. The Morgan fingerprint density at radius 2 is 1.73 bits per heavy atom. The van der Waals surface area contributed by atoms with E-state index in [-0.39, 0.29) is 18.6 Å². The quantitative estimate of drug-likeness (QED) is 0.661. The fourth-order valence-corrected chi connectivity index (χ4v) is 0.880. The van der Waals surface area contributed by atoms with Gasteiger partial charge in [-0.25, -0.2) is 0 Å². The van der Waals surface area contributed by atoms with E-state index in [4.69, 9.17) is 5.11 Å². The first kappa shape index (κ1) is 13.6. The molecule has 0 aliphatic rings. The number of carboxylic acid groups (broad SMARTS) is 1. The van der Waals surface area contributed by atoms with E-state index in [0.29, 0.717) is 6.42 Å². The van der Waals surface area contributed by atoms with E-state index in [1.54, 1.807) is 0 Å². The van der Waals surface area contributed by atoms with Crippen molar-refractivity contribution >= 4 is 5.97 Å². The van der Waals surface area contributed by atoms with E-state index >= 15 is 0 Å². The third-order valence-electron chi connectivity index (χ3n) is 1.49. The summed E-state index contributed by atoms with van der Waals surface area (Å²) in [4.78, 5) is 10.0. The van der Waals surface area contributed by atoms with Crippen molar-refractivity contribution in [1.82, 2.24) is 0 Å². The van der Waals surface area contributed by atoms with Gasteiger partial charge in [0.25, 0.3) is 0 Å². The van der Waals surface area contributed by atoms with Gasteiger partial charge in [0.15, 0.2) is 0 Å². The monoisotopic (exact) mass is 195 g/mol. The van der Waals surface area contributed by atoms with Crippen LogP contribution in [0.1, 0.15) is 45.4 Å². The molecule has 0 saturated carbocycles. The number of carbonyl (C=O) groups is 1. The van der Waals surface area contributed by atoms with Crippen LogP contribution in [0.4, 0.5) is 0 Å². The van der Waals surface area contributed by atoms with E-state index in [1.807, 2.05) is 0 Å². The summed E-state index contributed by atoms with van der Waals surface area (Å²) >= 11 is 0. The van der Waals surface area contributed by atoms with Crippen molar-refractivity contribution in [3.63, 3.8) is 0 Å². The molecule has 1 N–H and O–H groups in total. The molecule has 0 aromatic carbocycles. The van der Waals surface area contributed by atoms with Gasteiger partial charge in [0.1, 0.15) is 0 Å². The second-order valence-corrected chi connectivity index (χ2v) is 2.56. The van der Waals surface area contributed by atoms with Crippen molar-refractivity contribution in [2.75, 3.05) is 0 Å². The Morgan fingerprint density at radius 3 is 2.18 bits per heavy atom. The van der Waals surface area contributed by atoms with Crippen LogP contribution in [0.25, 0.3) is 0 Å². The van der Waals surface area contributed by atoms with Crippen LogP contribution in [0.15, 0.2) is 0 Å². The standard InChI is InChI=1S/C8H16O2.V/c1-2-3-4-5-6-7-8(9)10;/h2-7H2,1H3,(H,9,10);. The van der Waals surface area contributed by atoms with Gasteiger partial charge in [-0.3, -0.25) is 4.79 Å². The summed E-state index contributed by atoms with van der Waals surface area (Å²) in [5, 5.41) is 8.27. The predicted octanol–water partition coefficient (Wildman–Crippen LogP) is 2.43. The zero-order valence-corrected chi connectivity index (χ0v) is 8.44. The summed E-state index contributed by atoms with van der Waals surface area (Å²) in [6, 6.07) is 0. The zero-order chi connectivity index (χ0) is 7.82. The van der Waals surface area contributed by atoms with Gasteiger partial charge >= 0.3 is 5.97 Å². The minimum Gasteiger partial charge on any atom is -0.481 e. The van der Waals surface area contributed by atoms with Gasteiger partial charge < -0.3 is 5.11 Å². The normalized spacial score (nSPS) is 8.82. The Balaban J connectivity index is 0. The Morgan fingerprint density at radius 1 is 1.18 bits per heavy atom. The molecule has 0 heterocycles. The Kier molecular flexibility index (Phi) is 12.5. The van der Waals surface area contributed by atoms with Crippen LogP contribution in [-0.4, -0.2) is 11.1 Å². The van der Waals surface area contributed by atoms with Crippen LogP contribution in [0.2, 0.25) is 0 Å². The second-order valence-electron chi connectivity index (χ2n) is 2.56. The van der Waals surface area contributed by atoms with E-state index < -0.39 is 5.97 Å². The smallest absolute Gasteiger partial charge is 0.303 e. The Hall–Kier alpha value is 0.0544. The van der Waals surface area contributed by atoms with E-state index in [0.717, 1.165) is 12.8 Å². The van der Waals surface area contributed by atoms with Crippen LogP contribution in [-0.2, 0) is 23.4 Å². The first-order valence-electron chi connectivity index (χ1n) is 3.99. The zero-order valence-electron chi connectivity index (χ0n) is 7.05. The molecule has 0 atom stereocenters. The van der Waals surface area contributed by atoms with E-state index in [1.165, 1.54) is 19.3 Å². The Labute approximate surface area is 80.3 Å². The average Bonchev–Trinajstić information content (AvgIpc) is 1.87. The maximum absolute atomic E-state index is 10.0. The van der Waals surface area contributed by atoms with Gasteiger partial charge in [0.05, 0.1) is 0 Å². The molecule has 65 valence electrons. The molecule has 0 aliphatic carbocycles. The molecule has 0 aromatic heterocycles. The van der Waals surface area contributed by atoms with Crippen molar-refractivity contribution in [3.8, 4) is 0 Å². The van der Waals surface area contributed by atoms with Gasteiger partial charge in [-0.15, -0.1) is 0 Å². The van der Waals surface area contributed by atoms with Crippen LogP contribution >= 0.6 is 0 Å². The van der Waals surface area contributed by atoms with Gasteiger partial charge in [-0.1, -0.05) is 32.6 Å². The SMILES string of the molecule is CCCCCCCC(=O)O.[V]. The van der Waals surface area contributed by atoms with Crippen molar-refractivity contribution in [3.05, 3.63) is 0 Å². The molecule has 2 nitrogen and oxygen atoms in total. The van der Waals surface area contributed by atoms with Crippen molar-refractivity contribution in [2.45, 2.75) is 45.4 Å². The fourth-order valence-electron chi connectivity index (χ4n) is 0.880. The first-order chi connectivity index (χ1) is 4.77. The van der Waals surface area contributed by atoms with Crippen molar-refractivity contribution < 1.29 is 28.5 Å². The summed E-state index contributed by atoms with van der Waals surface area (Å²) in [6.07, 6.45) is 5.88. The van der Waals surface area contributed by atoms with Gasteiger partial charge in [0.2, 0.25) is 0 Å². The minimum absolute atomic E-state index is 0. The molecular formula is C8H16O2V. The predicted molar refractivity (Wildman–Crippen MR) is 41.0 cm³/mol. The molecule has 0 bridgehead atoms. The molecule has 0 aliphatic heterocycles. The molecule has 0 amide bonds. The maximum Gasteiger partial charge on any atom is 0.303 e. The molecule has 0 unspecified atom stereocenters. The molecule has 0 spiro atoms. The molecule has 0 rings (SSSR count). The van der Waals surface area contributed by atoms with Gasteiger partial charge in [-0.2, -0.15) is 0 Å². The number of aliphatic carboxylic acids is 1. The third kappa shape index (κ3) is 13.1. The average molecular weight is 195 g/mol. The van der Waals surface area contributed by atoms with Crippen LogP contribution < -0.4 is 0 Å². The fraction of sp³-hybridized carbons (Fsp3) is 0.875.